The molecule has 1 aromatic carbocycles. The Kier molecular flexibility index (Phi) is 6.70. The first-order valence-corrected chi connectivity index (χ1v) is 9.45. The molecule has 9 heteroatoms. The van der Waals surface area contributed by atoms with E-state index in [1.807, 2.05) is 23.7 Å². The van der Waals surface area contributed by atoms with E-state index in [2.05, 4.69) is 25.7 Å². The number of benzene rings is 1. The molecule has 1 atom stereocenters. The summed E-state index contributed by atoms with van der Waals surface area (Å²) in [4.78, 5) is 9.12. The molecule has 0 saturated carbocycles. The minimum absolute atomic E-state index is 0.125. The zero-order valence-corrected chi connectivity index (χ0v) is 16.6. The Balaban J connectivity index is 1.66. The summed E-state index contributed by atoms with van der Waals surface area (Å²) in [6.07, 6.45) is 1.80. The fraction of sp³-hybridized carbons (Fsp3) is 0.526. The SMILES string of the molecule is CCNC(=NCc1cccc(OC)c1O)NC1CCc2nc(COC)nn2C1. The maximum absolute atomic E-state index is 10.2. The van der Waals surface area contributed by atoms with E-state index in [0.717, 1.165) is 31.8 Å². The van der Waals surface area contributed by atoms with Gasteiger partial charge in [-0.15, -0.1) is 0 Å². The van der Waals surface area contributed by atoms with Crippen LogP contribution in [0.5, 0.6) is 11.5 Å². The number of nitrogens with one attached hydrogen (secondary N) is 2. The van der Waals surface area contributed by atoms with Crippen molar-refractivity contribution in [3.63, 3.8) is 0 Å². The Morgan fingerprint density at radius 3 is 3.00 bits per heavy atom. The van der Waals surface area contributed by atoms with Gasteiger partial charge in [0.15, 0.2) is 23.3 Å². The molecule has 1 aliphatic rings. The number of rotatable bonds is 7. The van der Waals surface area contributed by atoms with Crippen LogP contribution in [0.4, 0.5) is 0 Å². The van der Waals surface area contributed by atoms with Crippen LogP contribution in [0.2, 0.25) is 0 Å². The molecule has 3 N–H and O–H groups in total. The number of hydrogen-bond donors (Lipinski definition) is 3. The molecule has 2 heterocycles. The molecule has 0 radical (unpaired) electrons. The summed E-state index contributed by atoms with van der Waals surface area (Å²) in [6.45, 7) is 4.26. The van der Waals surface area contributed by atoms with E-state index >= 15 is 0 Å². The Bertz CT molecular complexity index is 820. The highest BCUT2D eigenvalue weighted by atomic mass is 16.5. The highest BCUT2D eigenvalue weighted by Gasteiger charge is 2.22. The standard InChI is InChI=1S/C19H28N6O3/c1-4-20-19(21-10-13-6-5-7-15(28-3)18(13)26)22-14-8-9-17-23-16(12-27-2)24-25(17)11-14/h5-7,14,26H,4,8-12H2,1-3H3,(H2,20,21,22). The molecule has 9 nitrogen and oxygen atoms in total. The summed E-state index contributed by atoms with van der Waals surface area (Å²) in [7, 11) is 3.18. The maximum Gasteiger partial charge on any atom is 0.191 e. The maximum atomic E-state index is 10.2. The van der Waals surface area contributed by atoms with Crippen LogP contribution in [0.15, 0.2) is 23.2 Å². The Morgan fingerprint density at radius 1 is 1.39 bits per heavy atom. The minimum Gasteiger partial charge on any atom is -0.504 e. The molecule has 3 rings (SSSR count). The lowest BCUT2D eigenvalue weighted by Gasteiger charge is -2.25. The van der Waals surface area contributed by atoms with E-state index in [4.69, 9.17) is 9.47 Å². The normalized spacial score (nSPS) is 16.5. The number of aromatic hydroxyl groups is 1. The first kappa shape index (κ1) is 19.9. The highest BCUT2D eigenvalue weighted by molar-refractivity contribution is 5.80. The zero-order valence-electron chi connectivity index (χ0n) is 16.6. The summed E-state index contributed by atoms with van der Waals surface area (Å²) in [5, 5.41) is 21.5. The van der Waals surface area contributed by atoms with Gasteiger partial charge in [-0.2, -0.15) is 5.10 Å². The number of ether oxygens (including phenoxy) is 2. The molecule has 0 amide bonds. The van der Waals surface area contributed by atoms with Crippen LogP contribution >= 0.6 is 0 Å². The molecule has 0 aliphatic carbocycles. The molecule has 1 aliphatic heterocycles. The van der Waals surface area contributed by atoms with E-state index in [1.165, 1.54) is 7.11 Å². The average molecular weight is 388 g/mol. The van der Waals surface area contributed by atoms with Gasteiger partial charge in [-0.25, -0.2) is 14.7 Å². The van der Waals surface area contributed by atoms with Crippen LogP contribution in [-0.4, -0.2) is 52.6 Å². The monoisotopic (exact) mass is 388 g/mol. The van der Waals surface area contributed by atoms with E-state index in [-0.39, 0.29) is 11.8 Å². The van der Waals surface area contributed by atoms with Crippen molar-refractivity contribution in [2.45, 2.75) is 45.5 Å². The van der Waals surface area contributed by atoms with Gasteiger partial charge in [0, 0.05) is 31.7 Å². The number of phenols is 1. The molecule has 152 valence electrons. The first-order valence-electron chi connectivity index (χ1n) is 9.45. The molecule has 0 spiro atoms. The van der Waals surface area contributed by atoms with Gasteiger partial charge in [-0.1, -0.05) is 12.1 Å². The number of nitrogens with zero attached hydrogens (tertiary/aromatic N) is 4. The van der Waals surface area contributed by atoms with E-state index < -0.39 is 0 Å². The summed E-state index contributed by atoms with van der Waals surface area (Å²) in [5.74, 6) is 2.99. The van der Waals surface area contributed by atoms with Crippen molar-refractivity contribution in [1.29, 1.82) is 0 Å². The van der Waals surface area contributed by atoms with Crippen molar-refractivity contribution < 1.29 is 14.6 Å². The Hall–Kier alpha value is -2.81. The van der Waals surface area contributed by atoms with Gasteiger partial charge in [0.25, 0.3) is 0 Å². The number of hydrogen-bond acceptors (Lipinski definition) is 6. The molecular formula is C19H28N6O3. The summed E-state index contributed by atoms with van der Waals surface area (Å²) in [5.41, 5.74) is 0.711. The summed E-state index contributed by atoms with van der Waals surface area (Å²) >= 11 is 0. The van der Waals surface area contributed by atoms with Crippen molar-refractivity contribution in [1.82, 2.24) is 25.4 Å². The third-order valence-electron chi connectivity index (χ3n) is 4.57. The van der Waals surface area contributed by atoms with Crippen LogP contribution in [-0.2, 0) is 30.9 Å². The lowest BCUT2D eigenvalue weighted by atomic mass is 10.1. The quantitative estimate of drug-likeness (QED) is 0.483. The summed E-state index contributed by atoms with van der Waals surface area (Å²) < 4.78 is 12.2. The lowest BCUT2D eigenvalue weighted by molar-refractivity contribution is 0.177. The predicted molar refractivity (Wildman–Crippen MR) is 105 cm³/mol. The largest absolute Gasteiger partial charge is 0.504 e. The number of guanidine groups is 1. The third-order valence-corrected chi connectivity index (χ3v) is 4.57. The molecule has 0 saturated heterocycles. The van der Waals surface area contributed by atoms with Gasteiger partial charge >= 0.3 is 0 Å². The number of phenolic OH excluding ortho intramolecular Hbond substituents is 1. The van der Waals surface area contributed by atoms with E-state index in [0.29, 0.717) is 36.2 Å². The van der Waals surface area contributed by atoms with Crippen molar-refractivity contribution in [3.8, 4) is 11.5 Å². The number of fused-ring (bicyclic) bond motifs is 1. The number of para-hydroxylation sites is 1. The fourth-order valence-electron chi connectivity index (χ4n) is 3.21. The van der Waals surface area contributed by atoms with Crippen molar-refractivity contribution >= 4 is 5.96 Å². The van der Waals surface area contributed by atoms with Gasteiger partial charge < -0.3 is 25.2 Å². The van der Waals surface area contributed by atoms with E-state index in [9.17, 15) is 5.11 Å². The van der Waals surface area contributed by atoms with Crippen LogP contribution in [0.3, 0.4) is 0 Å². The number of aliphatic imine (C=N–C) groups is 1. The van der Waals surface area contributed by atoms with Crippen molar-refractivity contribution in [2.24, 2.45) is 4.99 Å². The summed E-state index contributed by atoms with van der Waals surface area (Å²) in [6, 6.07) is 5.60. The van der Waals surface area contributed by atoms with Crippen LogP contribution in [0, 0.1) is 0 Å². The second kappa shape index (κ2) is 9.41. The molecule has 1 aromatic heterocycles. The number of methoxy groups -OCH3 is 2. The first-order chi connectivity index (χ1) is 13.6. The molecular weight excluding hydrogens is 360 g/mol. The van der Waals surface area contributed by atoms with Gasteiger partial charge in [-0.3, -0.25) is 0 Å². The van der Waals surface area contributed by atoms with Crippen molar-refractivity contribution in [2.75, 3.05) is 20.8 Å². The molecule has 0 bridgehead atoms. The molecule has 28 heavy (non-hydrogen) atoms. The fourth-order valence-corrected chi connectivity index (χ4v) is 3.21. The average Bonchev–Trinajstić information content (AvgIpc) is 3.09. The Labute approximate surface area is 164 Å². The van der Waals surface area contributed by atoms with Crippen molar-refractivity contribution in [3.05, 3.63) is 35.4 Å². The molecule has 1 unspecified atom stereocenters. The van der Waals surface area contributed by atoms with Crippen LogP contribution in [0.1, 0.15) is 30.6 Å². The molecule has 0 fully saturated rings. The minimum atomic E-state index is 0.125. The smallest absolute Gasteiger partial charge is 0.191 e. The van der Waals surface area contributed by atoms with Gasteiger partial charge in [0.2, 0.25) is 0 Å². The second-order valence-electron chi connectivity index (χ2n) is 6.60. The topological polar surface area (TPSA) is 106 Å². The van der Waals surface area contributed by atoms with Gasteiger partial charge in [0.1, 0.15) is 12.4 Å². The second-order valence-corrected chi connectivity index (χ2v) is 6.60. The number of aryl methyl sites for hydroxylation is 1. The van der Waals surface area contributed by atoms with Crippen LogP contribution < -0.4 is 15.4 Å². The van der Waals surface area contributed by atoms with Crippen LogP contribution in [0.25, 0.3) is 0 Å². The number of aromatic nitrogens is 3. The highest BCUT2D eigenvalue weighted by Crippen LogP contribution is 2.29. The van der Waals surface area contributed by atoms with E-state index in [1.54, 1.807) is 13.2 Å². The Morgan fingerprint density at radius 2 is 2.25 bits per heavy atom. The predicted octanol–water partition coefficient (Wildman–Crippen LogP) is 1.21. The molecule has 2 aromatic rings. The third kappa shape index (κ3) is 4.72. The van der Waals surface area contributed by atoms with Gasteiger partial charge in [-0.05, 0) is 19.4 Å². The zero-order chi connectivity index (χ0) is 19.9. The van der Waals surface area contributed by atoms with Gasteiger partial charge in [0.05, 0.1) is 20.2 Å². The lowest BCUT2D eigenvalue weighted by Crippen LogP contribution is -2.47.